The molecule has 0 atom stereocenters. The number of imidazole rings is 1. The topological polar surface area (TPSA) is 59.4 Å². The monoisotopic (exact) mass is 281 g/mol. The molecule has 0 aliphatic carbocycles. The Morgan fingerprint density at radius 2 is 2.20 bits per heavy atom. The smallest absolute Gasteiger partial charge is 0.177 e. The second-order valence-electron chi connectivity index (χ2n) is 4.48. The van der Waals surface area contributed by atoms with E-state index in [1.807, 2.05) is 30.6 Å². The Bertz CT molecular complexity index is 858. The van der Waals surface area contributed by atoms with Crippen molar-refractivity contribution in [2.24, 2.45) is 7.05 Å². The molecule has 0 spiro atoms. The first kappa shape index (κ1) is 11.4. The molecule has 0 bridgehead atoms. The Morgan fingerprint density at radius 3 is 2.95 bits per heavy atom. The molecule has 0 radical (unpaired) electrons. The highest BCUT2D eigenvalue weighted by molar-refractivity contribution is 7.08. The van der Waals surface area contributed by atoms with Gasteiger partial charge < -0.3 is 4.98 Å². The van der Waals surface area contributed by atoms with Crippen LogP contribution in [0.1, 0.15) is 0 Å². The highest BCUT2D eigenvalue weighted by atomic mass is 32.1. The molecular formula is C14H11N5S. The number of aromatic nitrogens is 5. The van der Waals surface area contributed by atoms with Crippen LogP contribution in [0.3, 0.4) is 0 Å². The number of nitrogens with one attached hydrogen (secondary N) is 1. The summed E-state index contributed by atoms with van der Waals surface area (Å²) in [5, 5.41) is 8.62. The number of nitrogens with zero attached hydrogens (tertiary/aromatic N) is 4. The minimum absolute atomic E-state index is 0.831. The number of H-pyrrole nitrogens is 1. The van der Waals surface area contributed by atoms with E-state index in [4.69, 9.17) is 0 Å². The second kappa shape index (κ2) is 4.28. The third kappa shape index (κ3) is 1.65. The summed E-state index contributed by atoms with van der Waals surface area (Å²) in [6.45, 7) is 0. The van der Waals surface area contributed by atoms with Gasteiger partial charge in [-0.2, -0.15) is 16.4 Å². The van der Waals surface area contributed by atoms with Crippen molar-refractivity contribution in [1.82, 2.24) is 24.7 Å². The zero-order chi connectivity index (χ0) is 13.5. The SMILES string of the molecule is Cn1nc(-c2ccccn2)c2[nH]c(-c3ccsc3)nc21. The van der Waals surface area contributed by atoms with E-state index in [1.165, 1.54) is 0 Å². The summed E-state index contributed by atoms with van der Waals surface area (Å²) >= 11 is 1.66. The zero-order valence-corrected chi connectivity index (χ0v) is 11.6. The van der Waals surface area contributed by atoms with Gasteiger partial charge in [0.05, 0.1) is 5.69 Å². The zero-order valence-electron chi connectivity index (χ0n) is 10.7. The van der Waals surface area contributed by atoms with Crippen LogP contribution in [0.15, 0.2) is 41.2 Å². The predicted molar refractivity (Wildman–Crippen MR) is 79.4 cm³/mol. The van der Waals surface area contributed by atoms with Crippen molar-refractivity contribution in [3.8, 4) is 22.8 Å². The number of thiophene rings is 1. The van der Waals surface area contributed by atoms with E-state index < -0.39 is 0 Å². The van der Waals surface area contributed by atoms with Gasteiger partial charge in [0.15, 0.2) is 5.65 Å². The molecule has 0 aromatic carbocycles. The van der Waals surface area contributed by atoms with Gasteiger partial charge in [0.25, 0.3) is 0 Å². The summed E-state index contributed by atoms with van der Waals surface area (Å²) in [6.07, 6.45) is 1.77. The fourth-order valence-electron chi connectivity index (χ4n) is 2.23. The van der Waals surface area contributed by atoms with Gasteiger partial charge in [0, 0.05) is 24.2 Å². The molecule has 0 saturated heterocycles. The molecular weight excluding hydrogens is 270 g/mol. The molecule has 5 nitrogen and oxygen atoms in total. The maximum Gasteiger partial charge on any atom is 0.177 e. The molecule has 4 rings (SSSR count). The van der Waals surface area contributed by atoms with Gasteiger partial charge in [-0.3, -0.25) is 4.98 Å². The molecule has 0 aliphatic rings. The van der Waals surface area contributed by atoms with Crippen LogP contribution in [0.25, 0.3) is 33.9 Å². The van der Waals surface area contributed by atoms with Crippen molar-refractivity contribution in [2.75, 3.05) is 0 Å². The lowest BCUT2D eigenvalue weighted by Gasteiger charge is -1.95. The number of pyridine rings is 1. The molecule has 4 heterocycles. The molecule has 0 saturated carbocycles. The average Bonchev–Trinajstić information content (AvgIpc) is 3.17. The van der Waals surface area contributed by atoms with Crippen molar-refractivity contribution in [3.63, 3.8) is 0 Å². The van der Waals surface area contributed by atoms with Gasteiger partial charge in [0.2, 0.25) is 0 Å². The van der Waals surface area contributed by atoms with E-state index in [9.17, 15) is 0 Å². The van der Waals surface area contributed by atoms with Crippen LogP contribution in [0, 0.1) is 0 Å². The first-order valence-corrected chi connectivity index (χ1v) is 7.14. The van der Waals surface area contributed by atoms with Crippen LogP contribution in [0.2, 0.25) is 0 Å². The summed E-state index contributed by atoms with van der Waals surface area (Å²) in [5.41, 5.74) is 4.54. The Hall–Kier alpha value is -2.47. The summed E-state index contributed by atoms with van der Waals surface area (Å²) < 4.78 is 1.78. The van der Waals surface area contributed by atoms with E-state index in [0.29, 0.717) is 0 Å². The Balaban J connectivity index is 1.95. The Morgan fingerprint density at radius 1 is 1.25 bits per heavy atom. The van der Waals surface area contributed by atoms with Crippen molar-refractivity contribution in [2.45, 2.75) is 0 Å². The van der Waals surface area contributed by atoms with Gasteiger partial charge in [-0.1, -0.05) is 6.07 Å². The summed E-state index contributed by atoms with van der Waals surface area (Å²) in [4.78, 5) is 12.3. The van der Waals surface area contributed by atoms with E-state index in [1.54, 1.807) is 22.2 Å². The summed E-state index contributed by atoms with van der Waals surface area (Å²) in [5.74, 6) is 0.867. The molecule has 0 fully saturated rings. The minimum atomic E-state index is 0.831. The number of aromatic amines is 1. The quantitative estimate of drug-likeness (QED) is 0.614. The number of aryl methyl sites for hydroxylation is 1. The largest absolute Gasteiger partial charge is 0.335 e. The lowest BCUT2D eigenvalue weighted by Crippen LogP contribution is -1.92. The Kier molecular flexibility index (Phi) is 2.43. The number of hydrogen-bond acceptors (Lipinski definition) is 4. The molecule has 6 heteroatoms. The molecule has 20 heavy (non-hydrogen) atoms. The van der Waals surface area contributed by atoms with E-state index >= 15 is 0 Å². The highest BCUT2D eigenvalue weighted by Crippen LogP contribution is 2.28. The van der Waals surface area contributed by atoms with Crippen LogP contribution in [-0.4, -0.2) is 24.7 Å². The van der Waals surface area contributed by atoms with E-state index in [0.717, 1.165) is 33.9 Å². The standard InChI is InChI=1S/C14H11N5S/c1-19-14-12(11(18-19)10-4-2-3-6-15-10)16-13(17-14)9-5-7-20-8-9/h2-8H,1H3,(H,16,17). The van der Waals surface area contributed by atoms with Crippen LogP contribution in [0.4, 0.5) is 0 Å². The lowest BCUT2D eigenvalue weighted by molar-refractivity contribution is 0.789. The fraction of sp³-hybridized carbons (Fsp3) is 0.0714. The van der Waals surface area contributed by atoms with Crippen molar-refractivity contribution >= 4 is 22.5 Å². The first-order chi connectivity index (χ1) is 9.83. The molecule has 1 N–H and O–H groups in total. The van der Waals surface area contributed by atoms with Crippen LogP contribution >= 0.6 is 11.3 Å². The molecule has 4 aromatic heterocycles. The van der Waals surface area contributed by atoms with Gasteiger partial charge in [-0.15, -0.1) is 0 Å². The van der Waals surface area contributed by atoms with E-state index in [2.05, 4.69) is 31.5 Å². The third-order valence-corrected chi connectivity index (χ3v) is 3.86. The molecule has 0 unspecified atom stereocenters. The minimum Gasteiger partial charge on any atom is -0.335 e. The first-order valence-electron chi connectivity index (χ1n) is 6.19. The molecule has 0 amide bonds. The summed E-state index contributed by atoms with van der Waals surface area (Å²) in [6, 6.07) is 7.86. The molecule has 98 valence electrons. The third-order valence-electron chi connectivity index (χ3n) is 3.18. The van der Waals surface area contributed by atoms with Gasteiger partial charge in [-0.05, 0) is 23.6 Å². The Labute approximate surface area is 118 Å². The average molecular weight is 281 g/mol. The number of hydrogen-bond donors (Lipinski definition) is 1. The number of rotatable bonds is 2. The van der Waals surface area contributed by atoms with Crippen molar-refractivity contribution in [1.29, 1.82) is 0 Å². The maximum atomic E-state index is 4.62. The molecule has 4 aromatic rings. The van der Waals surface area contributed by atoms with Gasteiger partial charge >= 0.3 is 0 Å². The fourth-order valence-corrected chi connectivity index (χ4v) is 2.87. The normalized spacial score (nSPS) is 11.2. The number of fused-ring (bicyclic) bond motifs is 1. The predicted octanol–water partition coefficient (Wildman–Crippen LogP) is 3.09. The summed E-state index contributed by atoms with van der Waals surface area (Å²) in [7, 11) is 1.90. The van der Waals surface area contributed by atoms with Crippen molar-refractivity contribution in [3.05, 3.63) is 41.2 Å². The van der Waals surface area contributed by atoms with Crippen LogP contribution in [-0.2, 0) is 7.05 Å². The van der Waals surface area contributed by atoms with Gasteiger partial charge in [0.1, 0.15) is 17.0 Å². The molecule has 0 aliphatic heterocycles. The maximum absolute atomic E-state index is 4.62. The highest BCUT2D eigenvalue weighted by Gasteiger charge is 2.16. The van der Waals surface area contributed by atoms with Crippen molar-refractivity contribution < 1.29 is 0 Å². The lowest BCUT2D eigenvalue weighted by atomic mass is 10.2. The second-order valence-corrected chi connectivity index (χ2v) is 5.26. The van der Waals surface area contributed by atoms with Crippen LogP contribution in [0.5, 0.6) is 0 Å². The van der Waals surface area contributed by atoms with Crippen LogP contribution < -0.4 is 0 Å². The van der Waals surface area contributed by atoms with Gasteiger partial charge in [-0.25, -0.2) is 9.67 Å². The van der Waals surface area contributed by atoms with E-state index in [-0.39, 0.29) is 0 Å².